The first-order chi connectivity index (χ1) is 13.9. The van der Waals surface area contributed by atoms with Crippen molar-refractivity contribution in [2.45, 2.75) is 20.8 Å². The number of aryl methyl sites for hydroxylation is 3. The number of aromatic nitrogens is 4. The molecule has 1 N–H and O–H groups in total. The average Bonchev–Trinajstić information content (AvgIpc) is 3.05. The van der Waals surface area contributed by atoms with Crippen molar-refractivity contribution in [3.63, 3.8) is 0 Å². The highest BCUT2D eigenvalue weighted by molar-refractivity contribution is 5.95. The van der Waals surface area contributed by atoms with E-state index >= 15 is 0 Å². The number of nitriles is 1. The van der Waals surface area contributed by atoms with Crippen molar-refractivity contribution in [2.75, 3.05) is 11.9 Å². The Hall–Kier alpha value is -4.06. The summed E-state index contributed by atoms with van der Waals surface area (Å²) in [4.78, 5) is 33.0. The number of nitrogens with zero attached hydrogens (tertiary/aromatic N) is 5. The van der Waals surface area contributed by atoms with Crippen molar-refractivity contribution < 1.29 is 14.3 Å². The van der Waals surface area contributed by atoms with Crippen LogP contribution >= 0.6 is 0 Å². The molecule has 29 heavy (non-hydrogen) atoms. The van der Waals surface area contributed by atoms with E-state index in [0.717, 1.165) is 11.4 Å². The minimum atomic E-state index is -0.695. The Labute approximate surface area is 167 Å². The van der Waals surface area contributed by atoms with Gasteiger partial charge in [0.2, 0.25) is 0 Å². The van der Waals surface area contributed by atoms with Crippen LogP contribution in [0.1, 0.15) is 33.0 Å². The van der Waals surface area contributed by atoms with Crippen LogP contribution in [0.4, 0.5) is 5.82 Å². The third-order valence-corrected chi connectivity index (χ3v) is 3.82. The van der Waals surface area contributed by atoms with E-state index in [1.807, 2.05) is 26.0 Å². The molecule has 0 unspecified atom stereocenters. The van der Waals surface area contributed by atoms with Crippen molar-refractivity contribution >= 4 is 17.7 Å². The zero-order valence-electron chi connectivity index (χ0n) is 16.1. The fourth-order valence-corrected chi connectivity index (χ4v) is 2.65. The first-order valence-corrected chi connectivity index (χ1v) is 8.72. The lowest BCUT2D eigenvalue weighted by Gasteiger charge is -2.09. The number of carbonyl (C=O) groups is 2. The van der Waals surface area contributed by atoms with Gasteiger partial charge in [0.1, 0.15) is 5.82 Å². The van der Waals surface area contributed by atoms with Crippen LogP contribution in [0.3, 0.4) is 0 Å². The number of amides is 1. The first kappa shape index (κ1) is 19.7. The van der Waals surface area contributed by atoms with Gasteiger partial charge in [-0.3, -0.25) is 4.79 Å². The Balaban J connectivity index is 1.70. The normalized spacial score (nSPS) is 10.3. The largest absolute Gasteiger partial charge is 0.452 e. The highest BCUT2D eigenvalue weighted by Gasteiger charge is 2.16. The van der Waals surface area contributed by atoms with Gasteiger partial charge in [0.15, 0.2) is 6.61 Å². The van der Waals surface area contributed by atoms with Gasteiger partial charge in [-0.2, -0.15) is 15.0 Å². The predicted molar refractivity (Wildman–Crippen MR) is 103 cm³/mol. The van der Waals surface area contributed by atoms with E-state index in [9.17, 15) is 9.59 Å². The molecule has 0 spiro atoms. The predicted octanol–water partition coefficient (Wildman–Crippen LogP) is 2.25. The lowest BCUT2D eigenvalue weighted by atomic mass is 10.1. The van der Waals surface area contributed by atoms with Gasteiger partial charge in [-0.15, -0.1) is 0 Å². The van der Waals surface area contributed by atoms with E-state index in [0.29, 0.717) is 23.0 Å². The zero-order chi connectivity index (χ0) is 21.0. The number of carbonyl (C=O) groups excluding carboxylic acids is 2. The van der Waals surface area contributed by atoms with E-state index in [2.05, 4.69) is 20.4 Å². The molecular weight excluding hydrogens is 372 g/mol. The molecule has 3 aromatic rings. The molecule has 0 aliphatic carbocycles. The molecule has 0 atom stereocenters. The van der Waals surface area contributed by atoms with Gasteiger partial charge in [-0.05, 0) is 45.0 Å². The molecule has 0 aliphatic rings. The number of ether oxygens (including phenoxy) is 1. The molecular formula is C20H18N6O3. The number of anilines is 1. The van der Waals surface area contributed by atoms with Crippen molar-refractivity contribution in [3.8, 4) is 12.0 Å². The van der Waals surface area contributed by atoms with Crippen LogP contribution in [0, 0.1) is 32.1 Å². The van der Waals surface area contributed by atoms with Crippen LogP contribution < -0.4 is 5.32 Å². The van der Waals surface area contributed by atoms with Crippen LogP contribution in [0.15, 0.2) is 36.4 Å². The van der Waals surface area contributed by atoms with Gasteiger partial charge in [0.05, 0.1) is 22.9 Å². The molecule has 146 valence electrons. The number of esters is 1. The van der Waals surface area contributed by atoms with Gasteiger partial charge < -0.3 is 10.1 Å². The highest BCUT2D eigenvalue weighted by atomic mass is 16.5. The summed E-state index contributed by atoms with van der Waals surface area (Å²) < 4.78 is 6.45. The summed E-state index contributed by atoms with van der Waals surface area (Å²) in [5.74, 6) is -0.545. The van der Waals surface area contributed by atoms with Crippen LogP contribution in [0.5, 0.6) is 0 Å². The monoisotopic (exact) mass is 390 g/mol. The number of hydrogen-bond acceptors (Lipinski definition) is 7. The van der Waals surface area contributed by atoms with E-state index < -0.39 is 18.5 Å². The Morgan fingerprint density at radius 2 is 1.83 bits per heavy atom. The molecule has 0 saturated carbocycles. The molecule has 0 fully saturated rings. The number of hydrogen-bond donors (Lipinski definition) is 1. The maximum absolute atomic E-state index is 12.3. The average molecular weight is 390 g/mol. The van der Waals surface area contributed by atoms with Crippen LogP contribution in [-0.4, -0.2) is 38.2 Å². The van der Waals surface area contributed by atoms with Crippen LogP contribution in [0.25, 0.3) is 5.95 Å². The molecule has 2 aromatic heterocycles. The SMILES string of the molecule is Cc1cc(C)nc(-n2nc(C)cc2NC(=O)COC(=O)c2cccc(C#N)c2)n1. The quantitative estimate of drug-likeness (QED) is 0.663. The molecule has 0 radical (unpaired) electrons. The Bertz CT molecular complexity index is 1110. The summed E-state index contributed by atoms with van der Waals surface area (Å²) >= 11 is 0. The van der Waals surface area contributed by atoms with Crippen molar-refractivity contribution in [3.05, 3.63) is 64.6 Å². The number of benzene rings is 1. The summed E-state index contributed by atoms with van der Waals surface area (Å²) in [6.45, 7) is 4.96. The molecule has 0 aliphatic heterocycles. The number of nitrogens with one attached hydrogen (secondary N) is 1. The van der Waals surface area contributed by atoms with E-state index in [1.54, 1.807) is 25.1 Å². The van der Waals surface area contributed by atoms with Crippen molar-refractivity contribution in [2.24, 2.45) is 0 Å². The van der Waals surface area contributed by atoms with Gasteiger partial charge >= 0.3 is 5.97 Å². The molecule has 1 aromatic carbocycles. The molecule has 0 saturated heterocycles. The van der Waals surface area contributed by atoms with E-state index in [1.165, 1.54) is 16.8 Å². The first-order valence-electron chi connectivity index (χ1n) is 8.72. The van der Waals surface area contributed by atoms with E-state index in [-0.39, 0.29) is 5.56 Å². The van der Waals surface area contributed by atoms with Crippen molar-refractivity contribution in [1.82, 2.24) is 19.7 Å². The molecule has 9 heteroatoms. The molecule has 9 nitrogen and oxygen atoms in total. The zero-order valence-corrected chi connectivity index (χ0v) is 16.1. The maximum Gasteiger partial charge on any atom is 0.338 e. The molecule has 0 bridgehead atoms. The third kappa shape index (κ3) is 4.81. The topological polar surface area (TPSA) is 123 Å². The summed E-state index contributed by atoms with van der Waals surface area (Å²) in [6, 6.07) is 11.5. The van der Waals surface area contributed by atoms with E-state index in [4.69, 9.17) is 10.00 Å². The molecule has 2 heterocycles. The van der Waals surface area contributed by atoms with Gasteiger partial charge in [0, 0.05) is 17.5 Å². The van der Waals surface area contributed by atoms with Gasteiger partial charge in [0.25, 0.3) is 11.9 Å². The number of rotatable bonds is 5. The maximum atomic E-state index is 12.3. The van der Waals surface area contributed by atoms with Crippen LogP contribution in [-0.2, 0) is 9.53 Å². The summed E-state index contributed by atoms with van der Waals surface area (Å²) in [5.41, 5.74) is 2.73. The molecule has 3 rings (SSSR count). The Morgan fingerprint density at radius 3 is 2.52 bits per heavy atom. The second-order valence-corrected chi connectivity index (χ2v) is 6.35. The standard InChI is InChI=1S/C20H18N6O3/c1-12-7-13(2)23-20(22-12)26-17(8-14(3)25-26)24-18(27)11-29-19(28)16-6-4-5-15(9-16)10-21/h4-9H,11H2,1-3H3,(H,24,27). The minimum absolute atomic E-state index is 0.196. The Kier molecular flexibility index (Phi) is 5.64. The van der Waals surface area contributed by atoms with Crippen molar-refractivity contribution in [1.29, 1.82) is 5.26 Å². The van der Waals surface area contributed by atoms with Gasteiger partial charge in [-0.1, -0.05) is 6.07 Å². The minimum Gasteiger partial charge on any atom is -0.452 e. The third-order valence-electron chi connectivity index (χ3n) is 3.82. The summed E-state index contributed by atoms with van der Waals surface area (Å²) in [6.07, 6.45) is 0. The molecule has 1 amide bonds. The fourth-order valence-electron chi connectivity index (χ4n) is 2.65. The second-order valence-electron chi connectivity index (χ2n) is 6.35. The van der Waals surface area contributed by atoms with Crippen LogP contribution in [0.2, 0.25) is 0 Å². The smallest absolute Gasteiger partial charge is 0.338 e. The summed E-state index contributed by atoms with van der Waals surface area (Å²) in [7, 11) is 0. The fraction of sp³-hybridized carbons (Fsp3) is 0.200. The second kappa shape index (κ2) is 8.31. The van der Waals surface area contributed by atoms with Gasteiger partial charge in [-0.25, -0.2) is 14.8 Å². The Morgan fingerprint density at radius 1 is 1.10 bits per heavy atom. The lowest BCUT2D eigenvalue weighted by Crippen LogP contribution is -2.22. The lowest BCUT2D eigenvalue weighted by molar-refractivity contribution is -0.119. The highest BCUT2D eigenvalue weighted by Crippen LogP contribution is 2.15. The summed E-state index contributed by atoms with van der Waals surface area (Å²) in [5, 5.41) is 15.9.